The lowest BCUT2D eigenvalue weighted by Gasteiger charge is -2.13. The smallest absolute Gasteiger partial charge is 0.407 e. The Hall–Kier alpha value is -1.65. The van der Waals surface area contributed by atoms with Crippen molar-refractivity contribution in [1.82, 2.24) is 24.4 Å². The average molecular weight is 389 g/mol. The van der Waals surface area contributed by atoms with Crippen LogP contribution in [-0.4, -0.2) is 54.8 Å². The summed E-state index contributed by atoms with van der Waals surface area (Å²) in [5.41, 5.74) is 1.22. The standard InChI is InChI=1S/C11H12IN5O3/c1-16-9-8(15-10(16)12)14-7(4-13-9)20-6-2-3-17(5-6)11(18)19/h4,6H,2-3,5H2,1H3,(H,18,19)/t6-/m1/s1. The maximum atomic E-state index is 10.8. The zero-order valence-corrected chi connectivity index (χ0v) is 12.8. The fourth-order valence-corrected chi connectivity index (χ4v) is 2.60. The minimum atomic E-state index is -0.920. The molecule has 1 atom stereocenters. The third-order valence-electron chi connectivity index (χ3n) is 3.21. The van der Waals surface area contributed by atoms with Gasteiger partial charge in [-0.1, -0.05) is 0 Å². The molecule has 0 aromatic carbocycles. The van der Waals surface area contributed by atoms with Crippen LogP contribution in [0.1, 0.15) is 6.42 Å². The van der Waals surface area contributed by atoms with Gasteiger partial charge in [-0.2, -0.15) is 4.98 Å². The Morgan fingerprint density at radius 3 is 3.05 bits per heavy atom. The third kappa shape index (κ3) is 2.37. The van der Waals surface area contributed by atoms with Crippen molar-refractivity contribution in [1.29, 1.82) is 0 Å². The number of rotatable bonds is 2. The summed E-state index contributed by atoms with van der Waals surface area (Å²) in [4.78, 5) is 25.0. The molecule has 1 saturated heterocycles. The number of carboxylic acid groups (broad SMARTS) is 1. The molecule has 1 fully saturated rings. The van der Waals surface area contributed by atoms with E-state index in [1.807, 2.05) is 11.6 Å². The van der Waals surface area contributed by atoms with Crippen molar-refractivity contribution in [2.24, 2.45) is 7.05 Å². The summed E-state index contributed by atoms with van der Waals surface area (Å²) in [6.07, 6.45) is 1.10. The number of aromatic nitrogens is 4. The molecular weight excluding hydrogens is 377 g/mol. The van der Waals surface area contributed by atoms with Crippen molar-refractivity contribution >= 4 is 40.0 Å². The lowest BCUT2D eigenvalue weighted by Crippen LogP contribution is -2.29. The maximum Gasteiger partial charge on any atom is 0.407 e. The topological polar surface area (TPSA) is 93.4 Å². The maximum absolute atomic E-state index is 10.8. The number of aryl methyl sites for hydroxylation is 1. The van der Waals surface area contributed by atoms with Crippen molar-refractivity contribution in [3.05, 3.63) is 10.0 Å². The van der Waals surface area contributed by atoms with Gasteiger partial charge in [-0.05, 0) is 0 Å². The van der Waals surface area contributed by atoms with Crippen LogP contribution in [0, 0.1) is 3.83 Å². The first-order chi connectivity index (χ1) is 9.54. The zero-order chi connectivity index (χ0) is 14.3. The van der Waals surface area contributed by atoms with Crippen LogP contribution in [-0.2, 0) is 7.05 Å². The lowest BCUT2D eigenvalue weighted by molar-refractivity contribution is 0.144. The predicted octanol–water partition coefficient (Wildman–Crippen LogP) is 1.10. The van der Waals surface area contributed by atoms with Crippen LogP contribution in [0.3, 0.4) is 0 Å². The molecule has 106 valence electrons. The molecule has 0 aliphatic carbocycles. The molecule has 0 radical (unpaired) electrons. The van der Waals surface area contributed by atoms with Crippen LogP contribution in [0.25, 0.3) is 11.3 Å². The molecule has 1 N–H and O–H groups in total. The SMILES string of the molecule is Cn1c(I)nc2nc(O[C@@H]3CCN(C(=O)O)C3)cnc21. The number of ether oxygens (including phenoxy) is 1. The van der Waals surface area contributed by atoms with E-state index < -0.39 is 6.09 Å². The van der Waals surface area contributed by atoms with E-state index in [9.17, 15) is 4.79 Å². The van der Waals surface area contributed by atoms with Gasteiger partial charge in [0, 0.05) is 42.6 Å². The molecule has 2 aromatic heterocycles. The van der Waals surface area contributed by atoms with Crippen molar-refractivity contribution in [3.63, 3.8) is 0 Å². The predicted molar refractivity (Wildman–Crippen MR) is 77.7 cm³/mol. The van der Waals surface area contributed by atoms with Crippen LogP contribution < -0.4 is 4.74 Å². The molecule has 20 heavy (non-hydrogen) atoms. The highest BCUT2D eigenvalue weighted by molar-refractivity contribution is 14.1. The second kappa shape index (κ2) is 5.04. The number of nitrogens with zero attached hydrogens (tertiary/aromatic N) is 5. The minimum Gasteiger partial charge on any atom is -0.471 e. The van der Waals surface area contributed by atoms with Gasteiger partial charge in [0.1, 0.15) is 6.10 Å². The normalized spacial score (nSPS) is 18.7. The molecule has 3 rings (SSSR count). The molecule has 1 aliphatic rings. The van der Waals surface area contributed by atoms with E-state index in [-0.39, 0.29) is 6.10 Å². The van der Waals surface area contributed by atoms with Crippen LogP contribution in [0.2, 0.25) is 0 Å². The Kier molecular flexibility index (Phi) is 3.36. The number of amides is 1. The molecule has 2 aromatic rings. The summed E-state index contributed by atoms with van der Waals surface area (Å²) in [6, 6.07) is 0. The van der Waals surface area contributed by atoms with Crippen molar-refractivity contribution in [2.75, 3.05) is 13.1 Å². The molecule has 0 saturated carbocycles. The van der Waals surface area contributed by atoms with Gasteiger partial charge in [0.2, 0.25) is 11.5 Å². The van der Waals surface area contributed by atoms with Crippen LogP contribution in [0.5, 0.6) is 5.88 Å². The number of halogens is 1. The summed E-state index contributed by atoms with van der Waals surface area (Å²) in [5, 5.41) is 8.90. The Morgan fingerprint density at radius 1 is 1.55 bits per heavy atom. The van der Waals surface area contributed by atoms with Gasteiger partial charge in [0.15, 0.2) is 9.48 Å². The van der Waals surface area contributed by atoms with Gasteiger partial charge >= 0.3 is 6.09 Å². The number of likely N-dealkylation sites (tertiary alicyclic amines) is 1. The summed E-state index contributed by atoms with van der Waals surface area (Å²) in [5.74, 6) is 0.379. The summed E-state index contributed by atoms with van der Waals surface area (Å²) in [7, 11) is 1.87. The highest BCUT2D eigenvalue weighted by atomic mass is 127. The summed E-state index contributed by atoms with van der Waals surface area (Å²) in [6.45, 7) is 0.839. The molecule has 0 unspecified atom stereocenters. The quantitative estimate of drug-likeness (QED) is 0.774. The largest absolute Gasteiger partial charge is 0.471 e. The zero-order valence-electron chi connectivity index (χ0n) is 10.7. The van der Waals surface area contributed by atoms with Crippen molar-refractivity contribution in [2.45, 2.75) is 12.5 Å². The van der Waals surface area contributed by atoms with Crippen molar-refractivity contribution < 1.29 is 14.6 Å². The van der Waals surface area contributed by atoms with E-state index >= 15 is 0 Å². The molecular formula is C11H12IN5O3. The summed E-state index contributed by atoms with van der Waals surface area (Å²) >= 11 is 2.11. The Bertz CT molecular complexity index is 673. The van der Waals surface area contributed by atoms with Crippen LogP contribution in [0.15, 0.2) is 6.20 Å². The number of hydrogen-bond donors (Lipinski definition) is 1. The van der Waals surface area contributed by atoms with E-state index in [4.69, 9.17) is 9.84 Å². The van der Waals surface area contributed by atoms with Gasteiger partial charge in [0.25, 0.3) is 0 Å². The van der Waals surface area contributed by atoms with Gasteiger partial charge in [-0.15, -0.1) is 0 Å². The van der Waals surface area contributed by atoms with E-state index in [2.05, 4.69) is 37.5 Å². The summed E-state index contributed by atoms with van der Waals surface area (Å²) < 4.78 is 8.32. The molecule has 0 spiro atoms. The number of carbonyl (C=O) groups is 1. The van der Waals surface area contributed by atoms with E-state index in [0.717, 1.165) is 3.83 Å². The number of imidazole rings is 1. The third-order valence-corrected chi connectivity index (χ3v) is 4.17. The fraction of sp³-hybridized carbons (Fsp3) is 0.455. The van der Waals surface area contributed by atoms with Crippen molar-refractivity contribution in [3.8, 4) is 5.88 Å². The second-order valence-corrected chi connectivity index (χ2v) is 5.52. The average Bonchev–Trinajstić information content (AvgIpc) is 2.96. The molecule has 3 heterocycles. The van der Waals surface area contributed by atoms with Crippen LogP contribution >= 0.6 is 22.6 Å². The Balaban J connectivity index is 1.77. The highest BCUT2D eigenvalue weighted by Gasteiger charge is 2.27. The molecule has 9 heteroatoms. The highest BCUT2D eigenvalue weighted by Crippen LogP contribution is 2.19. The Morgan fingerprint density at radius 2 is 2.35 bits per heavy atom. The van der Waals surface area contributed by atoms with Crippen LogP contribution in [0.4, 0.5) is 4.79 Å². The van der Waals surface area contributed by atoms with Gasteiger partial charge < -0.3 is 19.3 Å². The monoisotopic (exact) mass is 389 g/mol. The lowest BCUT2D eigenvalue weighted by atomic mass is 10.3. The fourth-order valence-electron chi connectivity index (χ4n) is 2.14. The second-order valence-electron chi connectivity index (χ2n) is 4.55. The number of hydrogen-bond acceptors (Lipinski definition) is 5. The van der Waals surface area contributed by atoms with Gasteiger partial charge in [-0.25, -0.2) is 14.8 Å². The van der Waals surface area contributed by atoms with E-state index in [1.54, 1.807) is 6.20 Å². The number of fused-ring (bicyclic) bond motifs is 1. The minimum absolute atomic E-state index is 0.180. The van der Waals surface area contributed by atoms with Gasteiger partial charge in [0.05, 0.1) is 12.7 Å². The molecule has 8 nitrogen and oxygen atoms in total. The first-order valence-corrected chi connectivity index (χ1v) is 7.12. The van der Waals surface area contributed by atoms with E-state index in [0.29, 0.717) is 36.7 Å². The molecule has 1 amide bonds. The molecule has 1 aliphatic heterocycles. The first kappa shape index (κ1) is 13.3. The van der Waals surface area contributed by atoms with E-state index in [1.165, 1.54) is 4.90 Å². The molecule has 0 bridgehead atoms. The Labute approximate surface area is 127 Å². The first-order valence-electron chi connectivity index (χ1n) is 6.04. The van der Waals surface area contributed by atoms with Gasteiger partial charge in [-0.3, -0.25) is 0 Å².